The molecule has 3 heterocycles. The molecule has 3 aromatic heterocycles. The highest BCUT2D eigenvalue weighted by molar-refractivity contribution is 7.93. The van der Waals surface area contributed by atoms with E-state index in [4.69, 9.17) is 23.9 Å². The molecule has 1 saturated carbocycles. The minimum absolute atomic E-state index is 0.0590. The number of ether oxygens (including phenoxy) is 4. The Morgan fingerprint density at radius 2 is 1.64 bits per heavy atom. The number of nitrogens with one attached hydrogen (secondary N) is 1. The number of aromatic nitrogens is 5. The molecule has 0 aliphatic heterocycles. The summed E-state index contributed by atoms with van der Waals surface area (Å²) in [6, 6.07) is 20.5. The van der Waals surface area contributed by atoms with Gasteiger partial charge in [-0.1, -0.05) is 42.5 Å². The van der Waals surface area contributed by atoms with E-state index in [0.29, 0.717) is 60.6 Å². The topological polar surface area (TPSA) is 140 Å². The molecule has 0 unspecified atom stereocenters. The lowest BCUT2D eigenvalue weighted by molar-refractivity contribution is -0.00642. The molecule has 44 heavy (non-hydrogen) atoms. The third-order valence-electron chi connectivity index (χ3n) is 7.31. The van der Waals surface area contributed by atoms with Gasteiger partial charge in [-0.25, -0.2) is 28.4 Å². The van der Waals surface area contributed by atoms with E-state index >= 15 is 0 Å². The molecule has 1 aliphatic rings. The van der Waals surface area contributed by atoms with Gasteiger partial charge in [-0.2, -0.15) is 0 Å². The summed E-state index contributed by atoms with van der Waals surface area (Å²) in [5.41, 5.74) is 2.59. The van der Waals surface area contributed by atoms with Crippen LogP contribution in [0.5, 0.6) is 17.4 Å². The maximum Gasteiger partial charge on any atom is 0.237 e. The summed E-state index contributed by atoms with van der Waals surface area (Å²) < 4.78 is 53.8. The maximum absolute atomic E-state index is 13.3. The van der Waals surface area contributed by atoms with E-state index in [1.54, 1.807) is 49.1 Å². The van der Waals surface area contributed by atoms with Gasteiger partial charge < -0.3 is 18.9 Å². The van der Waals surface area contributed by atoms with Crippen LogP contribution in [0.3, 0.4) is 0 Å². The van der Waals surface area contributed by atoms with E-state index < -0.39 is 15.3 Å². The molecule has 228 valence electrons. The number of anilines is 1. The number of pyridine rings is 1. The van der Waals surface area contributed by atoms with Crippen molar-refractivity contribution in [2.75, 3.05) is 25.5 Å². The normalized spacial score (nSPS) is 16.3. The van der Waals surface area contributed by atoms with Gasteiger partial charge in [0.2, 0.25) is 15.9 Å². The van der Waals surface area contributed by atoms with E-state index in [2.05, 4.69) is 19.7 Å². The number of benzene rings is 2. The standard InChI is InChI=1S/C31H32N6O6S/c1-4-42-27-15-8-12-23(33-27)30-35-29-31(37(30)28-24(40-2)13-9-14-25(28)41-3)34-26(18-32-29)36-44(38,39)22-16-21(17-22)43-19-20-10-6-5-7-11-20/h5-15,18,21-22H,4,16-17,19H2,1-3H3,(H,34,36)/t21-,22-. The van der Waals surface area contributed by atoms with Gasteiger partial charge in [0.1, 0.15) is 22.9 Å². The molecular formula is C31H32N6O6S. The summed E-state index contributed by atoms with van der Waals surface area (Å²) in [7, 11) is -0.667. The third kappa shape index (κ3) is 5.88. The van der Waals surface area contributed by atoms with Gasteiger partial charge in [-0.05, 0) is 43.5 Å². The van der Waals surface area contributed by atoms with Crippen LogP contribution in [-0.4, -0.2) is 65.1 Å². The van der Waals surface area contributed by atoms with Gasteiger partial charge in [0.25, 0.3) is 0 Å². The van der Waals surface area contributed by atoms with Crippen LogP contribution >= 0.6 is 0 Å². The predicted molar refractivity (Wildman–Crippen MR) is 165 cm³/mol. The second kappa shape index (κ2) is 12.5. The lowest BCUT2D eigenvalue weighted by atomic mass is 9.95. The number of para-hydroxylation sites is 1. The first-order valence-corrected chi connectivity index (χ1v) is 15.7. The second-order valence-electron chi connectivity index (χ2n) is 10.1. The SMILES string of the molecule is CCOc1cccc(-c2nc3ncc(NS(=O)(=O)[C@H]4C[C@H](OCc5ccccc5)C4)nc3n2-c2c(OC)cccc2OC)n1. The Balaban J connectivity index is 1.33. The zero-order valence-corrected chi connectivity index (χ0v) is 25.3. The van der Waals surface area contributed by atoms with Crippen molar-refractivity contribution in [1.29, 1.82) is 0 Å². The molecule has 0 saturated heterocycles. The van der Waals surface area contributed by atoms with Crippen LogP contribution in [0.25, 0.3) is 28.5 Å². The van der Waals surface area contributed by atoms with Crippen molar-refractivity contribution in [2.45, 2.75) is 37.7 Å². The fourth-order valence-corrected chi connectivity index (χ4v) is 6.52. The molecule has 1 fully saturated rings. The monoisotopic (exact) mass is 616 g/mol. The van der Waals surface area contributed by atoms with E-state index in [9.17, 15) is 8.42 Å². The molecule has 0 radical (unpaired) electrons. The van der Waals surface area contributed by atoms with E-state index in [0.717, 1.165) is 5.56 Å². The highest BCUT2D eigenvalue weighted by atomic mass is 32.2. The Kier molecular flexibility index (Phi) is 8.31. The fraction of sp³-hybridized carbons (Fsp3) is 0.290. The van der Waals surface area contributed by atoms with Crippen molar-refractivity contribution in [3.05, 3.63) is 78.5 Å². The maximum atomic E-state index is 13.3. The van der Waals surface area contributed by atoms with Crippen LogP contribution < -0.4 is 18.9 Å². The largest absolute Gasteiger partial charge is 0.494 e. The quantitative estimate of drug-likeness (QED) is 0.208. The number of hydrogen-bond acceptors (Lipinski definition) is 10. The van der Waals surface area contributed by atoms with Crippen molar-refractivity contribution in [3.63, 3.8) is 0 Å². The lowest BCUT2D eigenvalue weighted by Crippen LogP contribution is -2.43. The van der Waals surface area contributed by atoms with Crippen LogP contribution in [0.15, 0.2) is 72.9 Å². The summed E-state index contributed by atoms with van der Waals surface area (Å²) in [6.07, 6.45) is 2.00. The van der Waals surface area contributed by atoms with E-state index in [1.807, 2.05) is 43.3 Å². The van der Waals surface area contributed by atoms with Gasteiger partial charge in [0, 0.05) is 6.07 Å². The first-order valence-electron chi connectivity index (χ1n) is 14.1. The summed E-state index contributed by atoms with van der Waals surface area (Å²) in [4.78, 5) is 18.5. The van der Waals surface area contributed by atoms with Crippen LogP contribution in [0.2, 0.25) is 0 Å². The Hall–Kier alpha value is -4.75. The molecule has 6 rings (SSSR count). The van der Waals surface area contributed by atoms with Crippen molar-refractivity contribution in [3.8, 4) is 34.6 Å². The van der Waals surface area contributed by atoms with Crippen LogP contribution in [0.1, 0.15) is 25.3 Å². The Bertz CT molecular complexity index is 1850. The number of nitrogens with zero attached hydrogens (tertiary/aromatic N) is 5. The Morgan fingerprint density at radius 3 is 2.34 bits per heavy atom. The molecule has 2 aromatic carbocycles. The molecule has 0 bridgehead atoms. The highest BCUT2D eigenvalue weighted by Crippen LogP contribution is 2.38. The van der Waals surface area contributed by atoms with Crippen LogP contribution in [-0.2, 0) is 21.4 Å². The average molecular weight is 617 g/mol. The zero-order chi connectivity index (χ0) is 30.7. The fourth-order valence-electron chi connectivity index (χ4n) is 5.03. The Morgan fingerprint density at radius 1 is 0.909 bits per heavy atom. The summed E-state index contributed by atoms with van der Waals surface area (Å²) in [5, 5.41) is -0.610. The highest BCUT2D eigenvalue weighted by Gasteiger charge is 2.40. The van der Waals surface area contributed by atoms with Crippen molar-refractivity contribution < 1.29 is 27.4 Å². The summed E-state index contributed by atoms with van der Waals surface area (Å²) in [5.74, 6) is 1.84. The number of sulfonamides is 1. The molecule has 12 nitrogen and oxygen atoms in total. The molecule has 1 aliphatic carbocycles. The average Bonchev–Trinajstić information content (AvgIpc) is 3.38. The minimum atomic E-state index is -3.76. The number of imidazole rings is 1. The van der Waals surface area contributed by atoms with Gasteiger partial charge in [-0.15, -0.1) is 0 Å². The summed E-state index contributed by atoms with van der Waals surface area (Å²) >= 11 is 0. The Labute approximate surface area is 255 Å². The van der Waals surface area contributed by atoms with Crippen LogP contribution in [0.4, 0.5) is 5.82 Å². The second-order valence-corrected chi connectivity index (χ2v) is 12.1. The van der Waals surface area contributed by atoms with Crippen molar-refractivity contribution in [1.82, 2.24) is 24.5 Å². The van der Waals surface area contributed by atoms with Gasteiger partial charge in [0.05, 0.1) is 45.0 Å². The molecule has 0 amide bonds. The zero-order valence-electron chi connectivity index (χ0n) is 24.5. The number of fused-ring (bicyclic) bond motifs is 1. The van der Waals surface area contributed by atoms with E-state index in [1.165, 1.54) is 6.20 Å². The van der Waals surface area contributed by atoms with E-state index in [-0.39, 0.29) is 23.2 Å². The first-order chi connectivity index (χ1) is 21.4. The number of methoxy groups -OCH3 is 2. The smallest absolute Gasteiger partial charge is 0.237 e. The molecule has 0 spiro atoms. The minimum Gasteiger partial charge on any atom is -0.494 e. The van der Waals surface area contributed by atoms with Gasteiger partial charge in [0.15, 0.2) is 22.9 Å². The van der Waals surface area contributed by atoms with Crippen molar-refractivity contribution >= 4 is 27.1 Å². The van der Waals surface area contributed by atoms with Crippen LogP contribution in [0, 0.1) is 0 Å². The molecule has 5 aromatic rings. The van der Waals surface area contributed by atoms with Crippen molar-refractivity contribution in [2.24, 2.45) is 0 Å². The molecule has 13 heteroatoms. The molecule has 0 atom stereocenters. The predicted octanol–water partition coefficient (Wildman–Crippen LogP) is 4.78. The first kappa shape index (κ1) is 29.3. The van der Waals surface area contributed by atoms with Gasteiger partial charge in [-0.3, -0.25) is 9.29 Å². The molecular weight excluding hydrogens is 584 g/mol. The number of hydrogen-bond donors (Lipinski definition) is 1. The molecule has 1 N–H and O–H groups in total. The number of rotatable bonds is 12. The summed E-state index contributed by atoms with van der Waals surface area (Å²) in [6.45, 7) is 2.76. The lowest BCUT2D eigenvalue weighted by Gasteiger charge is -2.34. The van der Waals surface area contributed by atoms with Gasteiger partial charge >= 0.3 is 0 Å². The third-order valence-corrected chi connectivity index (χ3v) is 9.06.